The molecule has 0 unspecified atom stereocenters. The molecule has 0 saturated heterocycles. The largest absolute Gasteiger partial charge is 0.240 e. The van der Waals surface area contributed by atoms with E-state index in [0.717, 1.165) is 32.2 Å². The maximum absolute atomic E-state index is 12.7. The van der Waals surface area contributed by atoms with Crippen molar-refractivity contribution >= 4 is 37.7 Å². The van der Waals surface area contributed by atoms with Gasteiger partial charge in [-0.2, -0.15) is 4.98 Å². The topological polar surface area (TPSA) is 76.4 Å². The average Bonchev–Trinajstić information content (AvgIpc) is 3.35. The maximum atomic E-state index is 12.7. The van der Waals surface area contributed by atoms with Crippen LogP contribution in [0.2, 0.25) is 0 Å². The molecule has 9 heteroatoms. The first-order valence-corrected chi connectivity index (χ1v) is 12.0. The second kappa shape index (κ2) is 7.40. The molecule has 0 aliphatic carbocycles. The summed E-state index contributed by atoms with van der Waals surface area (Å²) in [6.07, 6.45) is 0.538. The van der Waals surface area contributed by atoms with Crippen molar-refractivity contribution in [2.75, 3.05) is 6.54 Å². The van der Waals surface area contributed by atoms with Gasteiger partial charge in [-0.25, -0.2) is 17.7 Å². The highest BCUT2D eigenvalue weighted by molar-refractivity contribution is 7.89. The fraction of sp³-hybridized carbons (Fsp3) is 0.263. The summed E-state index contributed by atoms with van der Waals surface area (Å²) >= 11 is 3.11. The zero-order chi connectivity index (χ0) is 19.9. The third-order valence-corrected chi connectivity index (χ3v) is 7.98. The van der Waals surface area contributed by atoms with E-state index in [9.17, 15) is 8.42 Å². The minimum absolute atomic E-state index is 0.300. The molecule has 0 bridgehead atoms. The summed E-state index contributed by atoms with van der Waals surface area (Å²) in [6, 6.07) is 7.61. The van der Waals surface area contributed by atoms with Gasteiger partial charge in [0.05, 0.1) is 15.5 Å². The quantitative estimate of drug-likeness (QED) is 0.500. The number of sulfonamides is 1. The van der Waals surface area contributed by atoms with Crippen LogP contribution in [0.15, 0.2) is 39.9 Å². The molecule has 0 aliphatic heterocycles. The molecule has 1 N–H and O–H groups in total. The summed E-state index contributed by atoms with van der Waals surface area (Å²) in [6.45, 7) is 6.03. The van der Waals surface area contributed by atoms with Gasteiger partial charge in [0, 0.05) is 18.3 Å². The number of rotatable bonds is 6. The molecule has 3 aromatic heterocycles. The van der Waals surface area contributed by atoms with Crippen LogP contribution < -0.4 is 4.72 Å². The Morgan fingerprint density at radius 2 is 1.89 bits per heavy atom. The van der Waals surface area contributed by atoms with Crippen molar-refractivity contribution in [3.05, 3.63) is 57.4 Å². The van der Waals surface area contributed by atoms with E-state index in [0.29, 0.717) is 23.7 Å². The highest BCUT2D eigenvalue weighted by atomic mass is 32.2. The molecule has 0 spiro atoms. The first-order valence-electron chi connectivity index (χ1n) is 8.80. The Balaban J connectivity index is 1.50. The molecule has 4 rings (SSSR count). The van der Waals surface area contributed by atoms with E-state index in [4.69, 9.17) is 0 Å². The van der Waals surface area contributed by atoms with Gasteiger partial charge in [-0.3, -0.25) is 0 Å². The van der Waals surface area contributed by atoms with E-state index in [1.165, 1.54) is 11.3 Å². The third kappa shape index (κ3) is 3.62. The van der Waals surface area contributed by atoms with Gasteiger partial charge in [0.1, 0.15) is 0 Å². The first kappa shape index (κ1) is 19.3. The Labute approximate surface area is 171 Å². The number of benzene rings is 1. The zero-order valence-corrected chi connectivity index (χ0v) is 18.2. The molecule has 146 valence electrons. The van der Waals surface area contributed by atoms with Crippen molar-refractivity contribution < 1.29 is 8.42 Å². The van der Waals surface area contributed by atoms with E-state index in [1.54, 1.807) is 21.9 Å². The Morgan fingerprint density at radius 3 is 2.64 bits per heavy atom. The molecule has 0 atom stereocenters. The van der Waals surface area contributed by atoms with Crippen molar-refractivity contribution in [2.24, 2.45) is 0 Å². The third-order valence-electron chi connectivity index (χ3n) is 4.65. The number of hydrogen-bond donors (Lipinski definition) is 1. The number of thiophene rings is 1. The molecule has 6 nitrogen and oxygen atoms in total. The number of aromatic nitrogens is 3. The van der Waals surface area contributed by atoms with Crippen LogP contribution >= 0.6 is 22.7 Å². The highest BCUT2D eigenvalue weighted by Gasteiger charge is 2.18. The summed E-state index contributed by atoms with van der Waals surface area (Å²) in [5.41, 5.74) is 3.75. The van der Waals surface area contributed by atoms with Crippen LogP contribution in [-0.2, 0) is 16.4 Å². The molecular weight excluding hydrogens is 412 g/mol. The normalized spacial score (nSPS) is 12.1. The van der Waals surface area contributed by atoms with Crippen LogP contribution in [0.4, 0.5) is 0 Å². The highest BCUT2D eigenvalue weighted by Crippen LogP contribution is 2.24. The second-order valence-corrected chi connectivity index (χ2v) is 10.2. The van der Waals surface area contributed by atoms with E-state index < -0.39 is 10.0 Å². The molecule has 28 heavy (non-hydrogen) atoms. The van der Waals surface area contributed by atoms with Gasteiger partial charge in [-0.1, -0.05) is 12.1 Å². The predicted molar refractivity (Wildman–Crippen MR) is 114 cm³/mol. The minimum Gasteiger partial charge on any atom is -0.211 e. The van der Waals surface area contributed by atoms with Crippen LogP contribution in [-0.4, -0.2) is 29.6 Å². The van der Waals surface area contributed by atoms with E-state index in [1.807, 2.05) is 49.7 Å². The summed E-state index contributed by atoms with van der Waals surface area (Å²) in [4.78, 5) is 6.72. The molecule has 0 radical (unpaired) electrons. The van der Waals surface area contributed by atoms with Gasteiger partial charge in [-0.05, 0) is 55.0 Å². The summed E-state index contributed by atoms with van der Waals surface area (Å²) < 4.78 is 30.0. The van der Waals surface area contributed by atoms with Gasteiger partial charge in [0.15, 0.2) is 5.82 Å². The molecule has 0 amide bonds. The lowest BCUT2D eigenvalue weighted by Crippen LogP contribution is -2.27. The number of fused-ring (bicyclic) bond motifs is 1. The number of hydrogen-bond acceptors (Lipinski definition) is 6. The summed E-state index contributed by atoms with van der Waals surface area (Å²) in [5, 5.41) is 8.54. The zero-order valence-electron chi connectivity index (χ0n) is 15.8. The van der Waals surface area contributed by atoms with Crippen LogP contribution in [0.3, 0.4) is 0 Å². The lowest BCUT2D eigenvalue weighted by atomic mass is 10.1. The van der Waals surface area contributed by atoms with Crippen molar-refractivity contribution in [3.63, 3.8) is 0 Å². The first-order chi connectivity index (χ1) is 13.3. The molecule has 3 heterocycles. The van der Waals surface area contributed by atoms with E-state index in [2.05, 4.69) is 14.8 Å². The molecule has 4 aromatic rings. The van der Waals surface area contributed by atoms with Gasteiger partial charge in [-0.15, -0.1) is 27.8 Å². The lowest BCUT2D eigenvalue weighted by Gasteiger charge is -2.11. The lowest BCUT2D eigenvalue weighted by molar-refractivity contribution is 0.580. The van der Waals surface area contributed by atoms with Crippen LogP contribution in [0, 0.1) is 20.8 Å². The van der Waals surface area contributed by atoms with Gasteiger partial charge in [0.25, 0.3) is 0 Å². The van der Waals surface area contributed by atoms with Crippen molar-refractivity contribution in [2.45, 2.75) is 32.1 Å². The van der Waals surface area contributed by atoms with E-state index in [-0.39, 0.29) is 0 Å². The monoisotopic (exact) mass is 432 g/mol. The van der Waals surface area contributed by atoms with Crippen molar-refractivity contribution in [1.82, 2.24) is 19.3 Å². The number of thiazole rings is 1. The SMILES string of the molecule is Cc1cc(C)c(S(=O)(=O)NCCc2csc3nc(-c4cccs4)nn23)cc1C. The van der Waals surface area contributed by atoms with Crippen LogP contribution in [0.25, 0.3) is 15.7 Å². The van der Waals surface area contributed by atoms with Crippen molar-refractivity contribution in [3.8, 4) is 10.7 Å². The number of nitrogens with zero attached hydrogens (tertiary/aromatic N) is 3. The average molecular weight is 433 g/mol. The molecule has 1 aromatic carbocycles. The van der Waals surface area contributed by atoms with E-state index >= 15 is 0 Å². The van der Waals surface area contributed by atoms with Crippen LogP contribution in [0.1, 0.15) is 22.4 Å². The number of aryl methyl sites for hydroxylation is 3. The maximum Gasteiger partial charge on any atom is 0.240 e. The Hall–Kier alpha value is -2.07. The molecule has 0 fully saturated rings. The van der Waals surface area contributed by atoms with Gasteiger partial charge < -0.3 is 0 Å². The fourth-order valence-corrected chi connectivity index (χ4v) is 5.87. The Morgan fingerprint density at radius 1 is 1.11 bits per heavy atom. The predicted octanol–water partition coefficient (Wildman–Crippen LogP) is 3.97. The molecule has 0 aliphatic rings. The number of nitrogens with one attached hydrogen (secondary N) is 1. The molecule has 0 saturated carbocycles. The second-order valence-electron chi connectivity index (χ2n) is 6.68. The summed E-state index contributed by atoms with van der Waals surface area (Å²) in [7, 11) is -3.56. The smallest absolute Gasteiger partial charge is 0.211 e. The van der Waals surface area contributed by atoms with Gasteiger partial charge in [0.2, 0.25) is 15.0 Å². The van der Waals surface area contributed by atoms with Crippen molar-refractivity contribution in [1.29, 1.82) is 0 Å². The fourth-order valence-electron chi connectivity index (χ4n) is 3.02. The Kier molecular flexibility index (Phi) is 5.09. The van der Waals surface area contributed by atoms with Gasteiger partial charge >= 0.3 is 0 Å². The standard InChI is InChI=1S/C19H20N4O2S3/c1-12-9-14(3)17(10-13(12)2)28(24,25)20-7-6-15-11-27-19-21-18(22-23(15)19)16-5-4-8-26-16/h4-5,8-11,20H,6-7H2,1-3H3. The molecular formula is C19H20N4O2S3. The summed E-state index contributed by atoms with van der Waals surface area (Å²) in [5.74, 6) is 0.703. The van der Waals surface area contributed by atoms with Crippen LogP contribution in [0.5, 0.6) is 0 Å². The Bertz CT molecular complexity index is 1240. The minimum atomic E-state index is -3.56.